The first-order valence-electron chi connectivity index (χ1n) is 7.89. The van der Waals surface area contributed by atoms with Gasteiger partial charge in [0, 0.05) is 61.9 Å². The normalized spacial score (nSPS) is 23.4. The molecule has 0 spiro atoms. The highest BCUT2D eigenvalue weighted by atomic mass is 15.3. The molecule has 4 heteroatoms. The second-order valence-corrected chi connectivity index (χ2v) is 6.32. The molecule has 2 aliphatic rings. The molecule has 1 N–H and O–H groups in total. The highest BCUT2D eigenvalue weighted by molar-refractivity contribution is 5.53. The molecule has 0 saturated carbocycles. The van der Waals surface area contributed by atoms with Gasteiger partial charge >= 0.3 is 0 Å². The predicted octanol–water partition coefficient (Wildman–Crippen LogP) is 1.86. The molecule has 20 heavy (non-hydrogen) atoms. The number of hydrogen-bond acceptors (Lipinski definition) is 4. The molecule has 0 bridgehead atoms. The minimum Gasteiger partial charge on any atom is -0.368 e. The third kappa shape index (κ3) is 2.96. The summed E-state index contributed by atoms with van der Waals surface area (Å²) in [5.74, 6) is 0. The molecule has 0 aliphatic carbocycles. The van der Waals surface area contributed by atoms with Crippen LogP contribution < -0.4 is 10.2 Å². The fraction of sp³-hybridized carbons (Fsp3) is 0.688. The van der Waals surface area contributed by atoms with Crippen LogP contribution in [0.3, 0.4) is 0 Å². The largest absolute Gasteiger partial charge is 0.368 e. The minimum atomic E-state index is 0.509. The first-order valence-corrected chi connectivity index (χ1v) is 7.89. The lowest BCUT2D eigenvalue weighted by Gasteiger charge is -2.39. The van der Waals surface area contributed by atoms with Gasteiger partial charge in [0.25, 0.3) is 0 Å². The smallest absolute Gasteiger partial charge is 0.0443 e. The zero-order valence-corrected chi connectivity index (χ0v) is 12.7. The summed E-state index contributed by atoms with van der Waals surface area (Å²) in [6.07, 6.45) is 6.68. The van der Waals surface area contributed by atoms with E-state index in [2.05, 4.69) is 40.0 Å². The highest BCUT2D eigenvalue weighted by Gasteiger charge is 2.31. The number of fused-ring (bicyclic) bond motifs is 1. The van der Waals surface area contributed by atoms with Crippen molar-refractivity contribution < 1.29 is 0 Å². The first kappa shape index (κ1) is 13.8. The van der Waals surface area contributed by atoms with Gasteiger partial charge in [-0.1, -0.05) is 13.8 Å². The van der Waals surface area contributed by atoms with Gasteiger partial charge in [-0.2, -0.15) is 0 Å². The Balaban J connectivity index is 1.72. The third-order valence-corrected chi connectivity index (χ3v) is 4.51. The van der Waals surface area contributed by atoms with Crippen LogP contribution in [0.1, 0.15) is 32.3 Å². The summed E-state index contributed by atoms with van der Waals surface area (Å²) in [6.45, 7) is 10.1. The van der Waals surface area contributed by atoms with Gasteiger partial charge in [0.2, 0.25) is 0 Å². The molecular formula is C16H26N4. The van der Waals surface area contributed by atoms with Crippen molar-refractivity contribution in [3.8, 4) is 0 Å². The van der Waals surface area contributed by atoms with Gasteiger partial charge in [-0.25, -0.2) is 0 Å². The number of anilines is 1. The van der Waals surface area contributed by atoms with Crippen LogP contribution in [0.5, 0.6) is 0 Å². The van der Waals surface area contributed by atoms with Crippen LogP contribution in [0.4, 0.5) is 5.69 Å². The van der Waals surface area contributed by atoms with Gasteiger partial charge < -0.3 is 10.2 Å². The van der Waals surface area contributed by atoms with Crippen molar-refractivity contribution in [2.75, 3.05) is 31.1 Å². The third-order valence-electron chi connectivity index (χ3n) is 4.51. The summed E-state index contributed by atoms with van der Waals surface area (Å²) in [7, 11) is 0. The van der Waals surface area contributed by atoms with Crippen LogP contribution in [0.2, 0.25) is 0 Å². The first-order chi connectivity index (χ1) is 9.74. The topological polar surface area (TPSA) is 31.4 Å². The van der Waals surface area contributed by atoms with E-state index >= 15 is 0 Å². The number of pyridine rings is 1. The lowest BCUT2D eigenvalue weighted by atomic mass is 10.1. The van der Waals surface area contributed by atoms with E-state index in [1.54, 1.807) is 0 Å². The van der Waals surface area contributed by atoms with E-state index in [1.165, 1.54) is 43.7 Å². The number of nitrogens with zero attached hydrogens (tertiary/aromatic N) is 3. The number of nitrogens with one attached hydrogen (secondary N) is 1. The van der Waals surface area contributed by atoms with E-state index in [1.807, 2.05) is 12.4 Å². The quantitative estimate of drug-likeness (QED) is 0.908. The molecule has 0 radical (unpaired) electrons. The van der Waals surface area contributed by atoms with Crippen LogP contribution in [0.25, 0.3) is 0 Å². The molecule has 3 heterocycles. The maximum Gasteiger partial charge on any atom is 0.0443 e. The summed E-state index contributed by atoms with van der Waals surface area (Å²) < 4.78 is 0. The van der Waals surface area contributed by atoms with Gasteiger partial charge in [-0.3, -0.25) is 9.88 Å². The van der Waals surface area contributed by atoms with E-state index in [9.17, 15) is 0 Å². The molecule has 1 atom stereocenters. The second kappa shape index (κ2) is 6.10. The van der Waals surface area contributed by atoms with Gasteiger partial charge in [-0.05, 0) is 25.5 Å². The highest BCUT2D eigenvalue weighted by Crippen LogP contribution is 2.27. The maximum absolute atomic E-state index is 4.31. The summed E-state index contributed by atoms with van der Waals surface area (Å²) in [5, 5.41) is 3.51. The summed E-state index contributed by atoms with van der Waals surface area (Å²) >= 11 is 0. The fourth-order valence-electron chi connectivity index (χ4n) is 3.39. The van der Waals surface area contributed by atoms with E-state index in [0.29, 0.717) is 6.04 Å². The van der Waals surface area contributed by atoms with Crippen molar-refractivity contribution in [1.29, 1.82) is 0 Å². The van der Waals surface area contributed by atoms with E-state index in [4.69, 9.17) is 0 Å². The molecule has 0 amide bonds. The fourth-order valence-corrected chi connectivity index (χ4v) is 3.39. The zero-order chi connectivity index (χ0) is 13.9. The predicted molar refractivity (Wildman–Crippen MR) is 83.0 cm³/mol. The Kier molecular flexibility index (Phi) is 4.22. The molecule has 1 unspecified atom stereocenters. The Morgan fingerprint density at radius 3 is 3.10 bits per heavy atom. The van der Waals surface area contributed by atoms with E-state index < -0.39 is 0 Å². The van der Waals surface area contributed by atoms with Crippen molar-refractivity contribution >= 4 is 5.69 Å². The molecular weight excluding hydrogens is 248 g/mol. The number of piperazine rings is 1. The van der Waals surface area contributed by atoms with Crippen molar-refractivity contribution in [3.63, 3.8) is 0 Å². The summed E-state index contributed by atoms with van der Waals surface area (Å²) in [4.78, 5) is 9.53. The Labute approximate surface area is 122 Å². The van der Waals surface area contributed by atoms with Crippen LogP contribution in [-0.4, -0.2) is 48.1 Å². The number of aromatic nitrogens is 1. The monoisotopic (exact) mass is 274 g/mol. The molecule has 1 aromatic rings. The maximum atomic E-state index is 4.31. The van der Waals surface area contributed by atoms with Crippen LogP contribution >= 0.6 is 0 Å². The van der Waals surface area contributed by atoms with Crippen molar-refractivity contribution in [2.24, 2.45) is 0 Å². The minimum absolute atomic E-state index is 0.509. The average Bonchev–Trinajstić information content (AvgIpc) is 2.92. The Morgan fingerprint density at radius 1 is 1.35 bits per heavy atom. The van der Waals surface area contributed by atoms with Gasteiger partial charge in [-0.15, -0.1) is 0 Å². The van der Waals surface area contributed by atoms with Crippen molar-refractivity contribution in [1.82, 2.24) is 15.2 Å². The van der Waals surface area contributed by atoms with Crippen LogP contribution in [0.15, 0.2) is 18.5 Å². The second-order valence-electron chi connectivity index (χ2n) is 6.32. The SMILES string of the molecule is CC(C)NCc1cnccc1N1CCN2CCCC2C1. The van der Waals surface area contributed by atoms with Crippen molar-refractivity contribution in [2.45, 2.75) is 45.3 Å². The molecule has 4 nitrogen and oxygen atoms in total. The van der Waals surface area contributed by atoms with Crippen LogP contribution in [0, 0.1) is 0 Å². The van der Waals surface area contributed by atoms with Crippen molar-refractivity contribution in [3.05, 3.63) is 24.0 Å². The molecule has 2 saturated heterocycles. The molecule has 0 aromatic carbocycles. The lowest BCUT2D eigenvalue weighted by molar-refractivity contribution is 0.231. The van der Waals surface area contributed by atoms with Crippen LogP contribution in [-0.2, 0) is 6.54 Å². The average molecular weight is 274 g/mol. The zero-order valence-electron chi connectivity index (χ0n) is 12.7. The summed E-state index contributed by atoms with van der Waals surface area (Å²) in [6, 6.07) is 3.46. The molecule has 1 aromatic heterocycles. The van der Waals surface area contributed by atoms with E-state index in [-0.39, 0.29) is 0 Å². The Bertz CT molecular complexity index is 446. The Hall–Kier alpha value is -1.13. The van der Waals surface area contributed by atoms with Gasteiger partial charge in [0.05, 0.1) is 0 Å². The number of rotatable bonds is 4. The number of hydrogen-bond donors (Lipinski definition) is 1. The summed E-state index contributed by atoms with van der Waals surface area (Å²) in [5.41, 5.74) is 2.70. The molecule has 3 rings (SSSR count). The van der Waals surface area contributed by atoms with Gasteiger partial charge in [0.1, 0.15) is 0 Å². The molecule has 2 aliphatic heterocycles. The van der Waals surface area contributed by atoms with E-state index in [0.717, 1.165) is 19.1 Å². The Morgan fingerprint density at radius 2 is 2.25 bits per heavy atom. The molecule has 110 valence electrons. The molecule has 2 fully saturated rings. The lowest BCUT2D eigenvalue weighted by Crippen LogP contribution is -2.50. The standard InChI is InChI=1S/C16H26N4/c1-13(2)18-11-14-10-17-6-5-16(14)20-9-8-19-7-3-4-15(19)12-20/h5-6,10,13,15,18H,3-4,7-9,11-12H2,1-2H3. The van der Waals surface area contributed by atoms with Gasteiger partial charge in [0.15, 0.2) is 0 Å².